The zero-order valence-corrected chi connectivity index (χ0v) is 10.0. The minimum atomic E-state index is -2.68. The van der Waals surface area contributed by atoms with Gasteiger partial charge in [0.05, 0.1) is 6.10 Å². The topological polar surface area (TPSA) is 41.5 Å². The molecular formula is C11H21F2NO2. The van der Waals surface area contributed by atoms with Crippen LogP contribution in [0.15, 0.2) is 0 Å². The highest BCUT2D eigenvalue weighted by Gasteiger charge is 2.48. The average molecular weight is 237 g/mol. The third kappa shape index (κ3) is 2.90. The molecule has 2 N–H and O–H groups in total. The number of rotatable bonds is 6. The highest BCUT2D eigenvalue weighted by molar-refractivity contribution is 5.02. The van der Waals surface area contributed by atoms with Crippen molar-refractivity contribution in [2.24, 2.45) is 5.41 Å². The van der Waals surface area contributed by atoms with Crippen LogP contribution in [0.1, 0.15) is 27.2 Å². The highest BCUT2D eigenvalue weighted by Crippen LogP contribution is 2.42. The molecule has 3 unspecified atom stereocenters. The van der Waals surface area contributed by atoms with Crippen molar-refractivity contribution in [3.63, 3.8) is 0 Å². The van der Waals surface area contributed by atoms with E-state index in [1.807, 2.05) is 20.8 Å². The van der Waals surface area contributed by atoms with Crippen LogP contribution >= 0.6 is 0 Å². The monoisotopic (exact) mass is 237 g/mol. The van der Waals surface area contributed by atoms with Gasteiger partial charge in [-0.05, 0) is 13.3 Å². The summed E-state index contributed by atoms with van der Waals surface area (Å²) in [5.41, 5.74) is -0.0577. The summed E-state index contributed by atoms with van der Waals surface area (Å²) in [6.45, 7) is 6.63. The van der Waals surface area contributed by atoms with Gasteiger partial charge in [0.2, 0.25) is 0 Å². The molecule has 1 aliphatic carbocycles. The maximum atomic E-state index is 12.1. The Labute approximate surface area is 95.2 Å². The number of halogens is 2. The van der Waals surface area contributed by atoms with Crippen LogP contribution in [0.4, 0.5) is 8.78 Å². The Morgan fingerprint density at radius 1 is 1.50 bits per heavy atom. The fourth-order valence-electron chi connectivity index (χ4n) is 2.07. The SMILES string of the molecule is CCOC1CC(NCC(O)C(F)F)C1(C)C. The summed E-state index contributed by atoms with van der Waals surface area (Å²) in [7, 11) is 0. The van der Waals surface area contributed by atoms with E-state index in [-0.39, 0.29) is 24.1 Å². The first kappa shape index (κ1) is 13.8. The van der Waals surface area contributed by atoms with Gasteiger partial charge in [-0.2, -0.15) is 0 Å². The molecule has 16 heavy (non-hydrogen) atoms. The van der Waals surface area contributed by atoms with Gasteiger partial charge in [-0.25, -0.2) is 8.78 Å². The number of aliphatic hydroxyl groups excluding tert-OH is 1. The van der Waals surface area contributed by atoms with E-state index in [9.17, 15) is 8.78 Å². The van der Waals surface area contributed by atoms with Crippen molar-refractivity contribution in [2.45, 2.75) is 51.9 Å². The number of aliphatic hydroxyl groups is 1. The lowest BCUT2D eigenvalue weighted by atomic mass is 9.64. The highest BCUT2D eigenvalue weighted by atomic mass is 19.3. The number of hydrogen-bond acceptors (Lipinski definition) is 3. The van der Waals surface area contributed by atoms with Crippen LogP contribution in [0, 0.1) is 5.41 Å². The maximum Gasteiger partial charge on any atom is 0.265 e. The zero-order chi connectivity index (χ0) is 12.3. The third-order valence-electron chi connectivity index (χ3n) is 3.41. The summed E-state index contributed by atoms with van der Waals surface area (Å²) in [6, 6.07) is 0.137. The summed E-state index contributed by atoms with van der Waals surface area (Å²) >= 11 is 0. The summed E-state index contributed by atoms with van der Waals surface area (Å²) < 4.78 is 29.7. The fourth-order valence-corrected chi connectivity index (χ4v) is 2.07. The lowest BCUT2D eigenvalue weighted by Gasteiger charge is -2.52. The van der Waals surface area contributed by atoms with E-state index in [1.54, 1.807) is 0 Å². The molecular weight excluding hydrogens is 216 g/mol. The number of ether oxygens (including phenoxy) is 1. The Morgan fingerprint density at radius 2 is 2.12 bits per heavy atom. The van der Waals surface area contributed by atoms with Crippen LogP contribution in [-0.2, 0) is 4.74 Å². The Bertz CT molecular complexity index is 224. The summed E-state index contributed by atoms with van der Waals surface area (Å²) in [5, 5.41) is 12.0. The van der Waals surface area contributed by atoms with Crippen LogP contribution in [0.25, 0.3) is 0 Å². The van der Waals surface area contributed by atoms with Crippen LogP contribution in [0.2, 0.25) is 0 Å². The molecule has 3 nitrogen and oxygen atoms in total. The molecule has 0 spiro atoms. The fraction of sp³-hybridized carbons (Fsp3) is 1.00. The molecule has 0 bridgehead atoms. The predicted molar refractivity (Wildman–Crippen MR) is 57.6 cm³/mol. The predicted octanol–water partition coefficient (Wildman–Crippen LogP) is 1.41. The van der Waals surface area contributed by atoms with Gasteiger partial charge >= 0.3 is 0 Å². The van der Waals surface area contributed by atoms with Gasteiger partial charge in [-0.1, -0.05) is 13.8 Å². The molecule has 1 rings (SSSR count). The standard InChI is InChI=1S/C11H21F2NO2/c1-4-16-9-5-8(11(9,2)3)14-6-7(15)10(12)13/h7-10,14-15H,4-6H2,1-3H3. The number of alkyl halides is 2. The van der Waals surface area contributed by atoms with Crippen molar-refractivity contribution < 1.29 is 18.6 Å². The molecule has 0 amide bonds. The smallest absolute Gasteiger partial charge is 0.265 e. The van der Waals surface area contributed by atoms with E-state index in [1.165, 1.54) is 0 Å². The van der Waals surface area contributed by atoms with Crippen molar-refractivity contribution in [3.8, 4) is 0 Å². The minimum Gasteiger partial charge on any atom is -0.386 e. The molecule has 0 aliphatic heterocycles. The van der Waals surface area contributed by atoms with Crippen molar-refractivity contribution in [3.05, 3.63) is 0 Å². The molecule has 1 fully saturated rings. The molecule has 0 saturated heterocycles. The number of hydrogen-bond donors (Lipinski definition) is 2. The first-order valence-electron chi connectivity index (χ1n) is 5.70. The van der Waals surface area contributed by atoms with Gasteiger partial charge in [-0.15, -0.1) is 0 Å². The second-order valence-electron chi connectivity index (χ2n) is 4.86. The van der Waals surface area contributed by atoms with Crippen LogP contribution in [-0.4, -0.2) is 42.9 Å². The van der Waals surface area contributed by atoms with Crippen molar-refractivity contribution in [1.29, 1.82) is 0 Å². The molecule has 3 atom stereocenters. The zero-order valence-electron chi connectivity index (χ0n) is 10.0. The molecule has 0 aromatic heterocycles. The van der Waals surface area contributed by atoms with Gasteiger partial charge < -0.3 is 15.2 Å². The Hall–Kier alpha value is -0.260. The van der Waals surface area contributed by atoms with Crippen molar-refractivity contribution in [1.82, 2.24) is 5.32 Å². The summed E-state index contributed by atoms with van der Waals surface area (Å²) in [5.74, 6) is 0. The van der Waals surface area contributed by atoms with E-state index in [4.69, 9.17) is 9.84 Å². The first-order valence-corrected chi connectivity index (χ1v) is 5.70. The molecule has 1 saturated carbocycles. The lowest BCUT2D eigenvalue weighted by Crippen LogP contribution is -2.62. The van der Waals surface area contributed by atoms with Gasteiger partial charge in [0.25, 0.3) is 6.43 Å². The normalized spacial score (nSPS) is 30.2. The average Bonchev–Trinajstić information content (AvgIpc) is 2.21. The molecule has 0 aromatic carbocycles. The van der Waals surface area contributed by atoms with Crippen LogP contribution in [0.5, 0.6) is 0 Å². The van der Waals surface area contributed by atoms with Gasteiger partial charge in [0.1, 0.15) is 6.10 Å². The summed E-state index contributed by atoms with van der Waals surface area (Å²) in [6.07, 6.45) is -3.27. The molecule has 5 heteroatoms. The minimum absolute atomic E-state index is 0.0577. The van der Waals surface area contributed by atoms with Crippen molar-refractivity contribution in [2.75, 3.05) is 13.2 Å². The molecule has 0 aromatic rings. The second-order valence-corrected chi connectivity index (χ2v) is 4.86. The lowest BCUT2D eigenvalue weighted by molar-refractivity contribution is -0.117. The molecule has 96 valence electrons. The van der Waals surface area contributed by atoms with E-state index >= 15 is 0 Å². The van der Waals surface area contributed by atoms with Crippen LogP contribution in [0.3, 0.4) is 0 Å². The summed E-state index contributed by atoms with van der Waals surface area (Å²) in [4.78, 5) is 0. The second kappa shape index (κ2) is 5.38. The van der Waals surface area contributed by atoms with E-state index in [2.05, 4.69) is 5.32 Å². The third-order valence-corrected chi connectivity index (χ3v) is 3.41. The van der Waals surface area contributed by atoms with Crippen molar-refractivity contribution >= 4 is 0 Å². The number of nitrogens with one attached hydrogen (secondary N) is 1. The molecule has 0 radical (unpaired) electrons. The van der Waals surface area contributed by atoms with E-state index < -0.39 is 12.5 Å². The Morgan fingerprint density at radius 3 is 2.56 bits per heavy atom. The molecule has 0 heterocycles. The van der Waals surface area contributed by atoms with Gasteiger partial charge in [0, 0.05) is 24.6 Å². The first-order chi connectivity index (χ1) is 7.39. The van der Waals surface area contributed by atoms with E-state index in [0.29, 0.717) is 6.61 Å². The largest absolute Gasteiger partial charge is 0.386 e. The molecule has 1 aliphatic rings. The quantitative estimate of drug-likeness (QED) is 0.734. The Kier molecular flexibility index (Phi) is 4.64. The maximum absolute atomic E-state index is 12.1. The van der Waals surface area contributed by atoms with Gasteiger partial charge in [-0.3, -0.25) is 0 Å². The van der Waals surface area contributed by atoms with Crippen LogP contribution < -0.4 is 5.32 Å². The van der Waals surface area contributed by atoms with Gasteiger partial charge in [0.15, 0.2) is 0 Å². The Balaban J connectivity index is 2.31. The van der Waals surface area contributed by atoms with E-state index in [0.717, 1.165) is 6.42 Å².